The van der Waals surface area contributed by atoms with Crippen LogP contribution >= 0.6 is 0 Å². The standard InChI is InChI=1S/C57H37N5/c1-5-17-38(18-6-1)54-47-32-30-44(61-52-27-15-13-25-50(52)59-56(61)40-21-9-3-10-22-40)35-49(47)55(39-19-7-2-8-20-39)46-31-29-42(34-48(46)54)43-33-45(37-58-36-43)62-53-28-16-14-26-51(53)60-57(62)41-23-11-4-12-24-41/h1-37H. The number of fused-ring (bicyclic) bond motifs is 4. The second-order valence-corrected chi connectivity index (χ2v) is 15.7. The molecule has 5 nitrogen and oxygen atoms in total. The molecule has 0 unspecified atom stereocenters. The van der Waals surface area contributed by atoms with Crippen molar-refractivity contribution in [3.8, 4) is 67.5 Å². The summed E-state index contributed by atoms with van der Waals surface area (Å²) < 4.78 is 4.53. The number of hydrogen-bond donors (Lipinski definition) is 0. The molecule has 0 N–H and O–H groups in total. The molecule has 3 heterocycles. The van der Waals surface area contributed by atoms with E-state index in [9.17, 15) is 0 Å². The average Bonchev–Trinajstić information content (AvgIpc) is 3.94. The molecule has 12 rings (SSSR count). The molecule has 12 aromatic rings. The molecule has 0 amide bonds. The molecule has 0 saturated heterocycles. The van der Waals surface area contributed by atoms with E-state index in [0.29, 0.717) is 0 Å². The van der Waals surface area contributed by atoms with Gasteiger partial charge < -0.3 is 0 Å². The zero-order valence-corrected chi connectivity index (χ0v) is 33.6. The number of nitrogens with zero attached hydrogens (tertiary/aromatic N) is 5. The third-order valence-electron chi connectivity index (χ3n) is 12.0. The molecular formula is C57H37N5. The van der Waals surface area contributed by atoms with Crippen LogP contribution in [0.15, 0.2) is 225 Å². The van der Waals surface area contributed by atoms with E-state index in [0.717, 1.165) is 78.5 Å². The van der Waals surface area contributed by atoms with Gasteiger partial charge in [-0.2, -0.15) is 0 Å². The van der Waals surface area contributed by atoms with Crippen LogP contribution in [0.25, 0.3) is 111 Å². The van der Waals surface area contributed by atoms with Crippen molar-refractivity contribution >= 4 is 43.6 Å². The van der Waals surface area contributed by atoms with E-state index in [2.05, 4.69) is 209 Å². The van der Waals surface area contributed by atoms with Gasteiger partial charge in [-0.05, 0) is 97.9 Å². The van der Waals surface area contributed by atoms with Crippen LogP contribution in [0.2, 0.25) is 0 Å². The van der Waals surface area contributed by atoms with E-state index >= 15 is 0 Å². The Morgan fingerprint density at radius 2 is 0.742 bits per heavy atom. The second-order valence-electron chi connectivity index (χ2n) is 15.7. The predicted octanol–water partition coefficient (Wildman–Crippen LogP) is 14.4. The number of para-hydroxylation sites is 4. The van der Waals surface area contributed by atoms with E-state index in [1.807, 2.05) is 24.5 Å². The van der Waals surface area contributed by atoms with E-state index in [-0.39, 0.29) is 0 Å². The zero-order chi connectivity index (χ0) is 41.0. The fourth-order valence-electron chi connectivity index (χ4n) is 9.21. The van der Waals surface area contributed by atoms with Crippen LogP contribution in [0, 0.1) is 0 Å². The van der Waals surface area contributed by atoms with E-state index in [1.165, 1.54) is 32.7 Å². The molecule has 0 aliphatic heterocycles. The van der Waals surface area contributed by atoms with Crippen LogP contribution in [0.1, 0.15) is 0 Å². The van der Waals surface area contributed by atoms with Crippen molar-refractivity contribution in [2.75, 3.05) is 0 Å². The Hall–Kier alpha value is -8.41. The molecule has 0 aliphatic carbocycles. The van der Waals surface area contributed by atoms with Crippen molar-refractivity contribution in [3.63, 3.8) is 0 Å². The topological polar surface area (TPSA) is 48.5 Å². The van der Waals surface area contributed by atoms with Crippen LogP contribution in [0.3, 0.4) is 0 Å². The lowest BCUT2D eigenvalue weighted by atomic mass is 9.84. The lowest BCUT2D eigenvalue weighted by Gasteiger charge is -2.20. The molecule has 290 valence electrons. The predicted molar refractivity (Wildman–Crippen MR) is 256 cm³/mol. The summed E-state index contributed by atoms with van der Waals surface area (Å²) in [5, 5.41) is 4.71. The smallest absolute Gasteiger partial charge is 0.145 e. The van der Waals surface area contributed by atoms with Gasteiger partial charge in [0.2, 0.25) is 0 Å². The summed E-state index contributed by atoms with van der Waals surface area (Å²) in [5.41, 5.74) is 15.0. The molecule has 0 saturated carbocycles. The van der Waals surface area contributed by atoms with Crippen molar-refractivity contribution in [2.24, 2.45) is 0 Å². The largest absolute Gasteiger partial charge is 0.292 e. The molecular weight excluding hydrogens is 755 g/mol. The van der Waals surface area contributed by atoms with Crippen LogP contribution in [0.4, 0.5) is 0 Å². The van der Waals surface area contributed by atoms with Crippen molar-refractivity contribution in [1.29, 1.82) is 0 Å². The first-order valence-electron chi connectivity index (χ1n) is 20.9. The fraction of sp³-hybridized carbons (Fsp3) is 0. The van der Waals surface area contributed by atoms with Crippen LogP contribution in [0.5, 0.6) is 0 Å². The molecule has 3 aromatic heterocycles. The van der Waals surface area contributed by atoms with Gasteiger partial charge >= 0.3 is 0 Å². The highest BCUT2D eigenvalue weighted by Gasteiger charge is 2.21. The Balaban J connectivity index is 1.11. The molecule has 0 bridgehead atoms. The maximum atomic E-state index is 5.18. The quantitative estimate of drug-likeness (QED) is 0.151. The molecule has 0 aliphatic rings. The van der Waals surface area contributed by atoms with Crippen molar-refractivity contribution in [1.82, 2.24) is 24.1 Å². The van der Waals surface area contributed by atoms with Gasteiger partial charge in [0.05, 0.1) is 34.0 Å². The van der Waals surface area contributed by atoms with Crippen molar-refractivity contribution < 1.29 is 0 Å². The molecule has 0 fully saturated rings. The summed E-state index contributed by atoms with van der Waals surface area (Å²) in [6, 6.07) is 75.3. The highest BCUT2D eigenvalue weighted by atomic mass is 15.1. The number of aromatic nitrogens is 5. The van der Waals surface area contributed by atoms with Crippen LogP contribution < -0.4 is 0 Å². The number of benzene rings is 9. The molecule has 9 aromatic carbocycles. The maximum Gasteiger partial charge on any atom is 0.145 e. The summed E-state index contributed by atoms with van der Waals surface area (Å²) in [5.74, 6) is 1.80. The van der Waals surface area contributed by atoms with Gasteiger partial charge in [-0.3, -0.25) is 14.1 Å². The third kappa shape index (κ3) is 5.90. The van der Waals surface area contributed by atoms with Gasteiger partial charge in [0.1, 0.15) is 11.6 Å². The third-order valence-corrected chi connectivity index (χ3v) is 12.0. The van der Waals surface area contributed by atoms with Gasteiger partial charge in [0.15, 0.2) is 0 Å². The monoisotopic (exact) mass is 791 g/mol. The Morgan fingerprint density at radius 1 is 0.290 bits per heavy atom. The van der Waals surface area contributed by atoms with Gasteiger partial charge in [-0.15, -0.1) is 0 Å². The van der Waals surface area contributed by atoms with Gasteiger partial charge in [-0.25, -0.2) is 9.97 Å². The Labute approximate surface area is 358 Å². The number of pyridine rings is 1. The molecule has 0 atom stereocenters. The second kappa shape index (κ2) is 14.7. The summed E-state index contributed by atoms with van der Waals surface area (Å²) in [4.78, 5) is 15.1. The van der Waals surface area contributed by atoms with Gasteiger partial charge in [0.25, 0.3) is 0 Å². The zero-order valence-electron chi connectivity index (χ0n) is 33.6. The maximum absolute atomic E-state index is 5.18. The first-order valence-corrected chi connectivity index (χ1v) is 20.9. The van der Waals surface area contributed by atoms with Crippen molar-refractivity contribution in [3.05, 3.63) is 225 Å². The Bertz CT molecular complexity index is 3610. The summed E-state index contributed by atoms with van der Waals surface area (Å²) in [7, 11) is 0. The first-order chi connectivity index (χ1) is 30.8. The normalized spacial score (nSPS) is 11.5. The van der Waals surface area contributed by atoms with E-state index in [1.54, 1.807) is 0 Å². The molecule has 0 radical (unpaired) electrons. The number of rotatable bonds is 7. The first kappa shape index (κ1) is 35.5. The lowest BCUT2D eigenvalue weighted by molar-refractivity contribution is 1.08. The minimum absolute atomic E-state index is 0.883. The van der Waals surface area contributed by atoms with Crippen LogP contribution in [-0.4, -0.2) is 24.1 Å². The van der Waals surface area contributed by atoms with Crippen molar-refractivity contribution in [2.45, 2.75) is 0 Å². The molecule has 5 heteroatoms. The number of hydrogen-bond acceptors (Lipinski definition) is 3. The van der Waals surface area contributed by atoms with E-state index in [4.69, 9.17) is 15.0 Å². The van der Waals surface area contributed by atoms with Crippen LogP contribution in [-0.2, 0) is 0 Å². The summed E-state index contributed by atoms with van der Waals surface area (Å²) >= 11 is 0. The SMILES string of the molecule is c1ccc(-c2c3ccc(-n4c(-c5ccccc5)nc5ccccc54)cc3c(-c3ccccc3)c3ccc(-c4cncc(-n5c(-c6ccccc6)nc6ccccc65)c4)cc23)cc1. The highest BCUT2D eigenvalue weighted by Crippen LogP contribution is 2.46. The summed E-state index contributed by atoms with van der Waals surface area (Å²) in [6.07, 6.45) is 3.91. The highest BCUT2D eigenvalue weighted by molar-refractivity contribution is 6.22. The summed E-state index contributed by atoms with van der Waals surface area (Å²) in [6.45, 7) is 0. The lowest BCUT2D eigenvalue weighted by Crippen LogP contribution is -1.99. The van der Waals surface area contributed by atoms with Gasteiger partial charge in [-0.1, -0.05) is 164 Å². The minimum atomic E-state index is 0.883. The van der Waals surface area contributed by atoms with Gasteiger partial charge in [0, 0.05) is 28.6 Å². The molecule has 0 spiro atoms. The molecule has 62 heavy (non-hydrogen) atoms. The Morgan fingerprint density at radius 3 is 1.29 bits per heavy atom. The minimum Gasteiger partial charge on any atom is -0.292 e. The Kier molecular flexibility index (Phi) is 8.42. The number of imidazole rings is 2. The average molecular weight is 792 g/mol. The van der Waals surface area contributed by atoms with E-state index < -0.39 is 0 Å². The fourth-order valence-corrected chi connectivity index (χ4v) is 9.21.